The summed E-state index contributed by atoms with van der Waals surface area (Å²) < 4.78 is 0. The van der Waals surface area contributed by atoms with Crippen molar-refractivity contribution in [1.29, 1.82) is 0 Å². The Bertz CT molecular complexity index is 148. The molecule has 0 aromatic rings. The summed E-state index contributed by atoms with van der Waals surface area (Å²) in [5, 5.41) is 8.92. The van der Waals surface area contributed by atoms with Gasteiger partial charge in [0.2, 0.25) is 0 Å². The summed E-state index contributed by atoms with van der Waals surface area (Å²) in [5.41, 5.74) is 6.28. The van der Waals surface area contributed by atoms with E-state index in [1.165, 1.54) is 0 Å². The molecule has 92 valence electrons. The maximum Gasteiger partial charge on any atom is 0.0558 e. The highest BCUT2D eigenvalue weighted by atomic mass is 16.3. The van der Waals surface area contributed by atoms with E-state index < -0.39 is 0 Å². The van der Waals surface area contributed by atoms with Crippen LogP contribution in [0.4, 0.5) is 0 Å². The van der Waals surface area contributed by atoms with E-state index in [-0.39, 0.29) is 18.1 Å². The molecular formula is C12H28N2O. The second-order valence-corrected chi connectivity index (χ2v) is 5.33. The summed E-state index contributed by atoms with van der Waals surface area (Å²) in [7, 11) is 0. The van der Waals surface area contributed by atoms with Crippen LogP contribution in [0.15, 0.2) is 0 Å². The Morgan fingerprint density at radius 1 is 1.20 bits per heavy atom. The van der Waals surface area contributed by atoms with Crippen molar-refractivity contribution in [1.82, 2.24) is 4.90 Å². The van der Waals surface area contributed by atoms with Gasteiger partial charge in [0.1, 0.15) is 0 Å². The number of nitrogens with zero attached hydrogens (tertiary/aromatic N) is 1. The topological polar surface area (TPSA) is 49.5 Å². The van der Waals surface area contributed by atoms with Crippen molar-refractivity contribution in [2.45, 2.75) is 46.6 Å². The first-order valence-electron chi connectivity index (χ1n) is 6.00. The fourth-order valence-electron chi connectivity index (χ4n) is 1.55. The third kappa shape index (κ3) is 6.88. The van der Waals surface area contributed by atoms with E-state index in [0.29, 0.717) is 0 Å². The molecule has 0 saturated heterocycles. The minimum atomic E-state index is 0.178. The molecule has 0 aliphatic carbocycles. The lowest BCUT2D eigenvalue weighted by Crippen LogP contribution is -2.39. The Labute approximate surface area is 94.6 Å². The van der Waals surface area contributed by atoms with Crippen LogP contribution in [-0.2, 0) is 0 Å². The summed E-state index contributed by atoms with van der Waals surface area (Å²) in [6.45, 7) is 11.7. The van der Waals surface area contributed by atoms with Crippen molar-refractivity contribution in [3.63, 3.8) is 0 Å². The monoisotopic (exact) mass is 216 g/mol. The number of aliphatic hydroxyl groups is 1. The summed E-state index contributed by atoms with van der Waals surface area (Å²) in [6, 6.07) is 0.232. The lowest BCUT2D eigenvalue weighted by Gasteiger charge is -2.29. The van der Waals surface area contributed by atoms with Crippen molar-refractivity contribution in [3.05, 3.63) is 0 Å². The summed E-state index contributed by atoms with van der Waals surface area (Å²) in [4.78, 5) is 2.28. The molecule has 0 aromatic heterocycles. The maximum atomic E-state index is 8.92. The van der Waals surface area contributed by atoms with Gasteiger partial charge in [0.05, 0.1) is 6.61 Å². The maximum absolute atomic E-state index is 8.92. The predicted octanol–water partition coefficient (Wildman–Crippen LogP) is 1.45. The van der Waals surface area contributed by atoms with Gasteiger partial charge in [-0.05, 0) is 31.3 Å². The summed E-state index contributed by atoms with van der Waals surface area (Å²) in [5.74, 6) is 0. The molecule has 0 bridgehead atoms. The average molecular weight is 216 g/mol. The van der Waals surface area contributed by atoms with Gasteiger partial charge in [-0.1, -0.05) is 27.7 Å². The normalized spacial score (nSPS) is 14.6. The molecular weight excluding hydrogens is 188 g/mol. The van der Waals surface area contributed by atoms with Gasteiger partial charge in [-0.15, -0.1) is 0 Å². The zero-order valence-electron chi connectivity index (χ0n) is 10.8. The highest BCUT2D eigenvalue weighted by Gasteiger charge is 2.20. The number of rotatable bonds is 7. The quantitative estimate of drug-likeness (QED) is 0.677. The van der Waals surface area contributed by atoms with Gasteiger partial charge in [-0.2, -0.15) is 0 Å². The lowest BCUT2D eigenvalue weighted by molar-refractivity contribution is 0.180. The number of nitrogens with two attached hydrogens (primary N) is 1. The average Bonchev–Trinajstić information content (AvgIpc) is 2.12. The second-order valence-electron chi connectivity index (χ2n) is 5.33. The molecule has 0 heterocycles. The van der Waals surface area contributed by atoms with Crippen molar-refractivity contribution in [2.75, 3.05) is 26.2 Å². The van der Waals surface area contributed by atoms with Gasteiger partial charge in [0.25, 0.3) is 0 Å². The van der Waals surface area contributed by atoms with Crippen molar-refractivity contribution in [2.24, 2.45) is 11.1 Å². The van der Waals surface area contributed by atoms with Crippen LogP contribution in [0.25, 0.3) is 0 Å². The van der Waals surface area contributed by atoms with Gasteiger partial charge in [0, 0.05) is 12.6 Å². The van der Waals surface area contributed by atoms with Crippen LogP contribution in [0.2, 0.25) is 0 Å². The molecule has 15 heavy (non-hydrogen) atoms. The first kappa shape index (κ1) is 14.9. The molecule has 0 aliphatic rings. The smallest absolute Gasteiger partial charge is 0.0558 e. The van der Waals surface area contributed by atoms with Crippen LogP contribution in [0.5, 0.6) is 0 Å². The van der Waals surface area contributed by atoms with Crippen LogP contribution in [-0.4, -0.2) is 42.3 Å². The Morgan fingerprint density at radius 2 is 1.80 bits per heavy atom. The van der Waals surface area contributed by atoms with Gasteiger partial charge < -0.3 is 15.7 Å². The van der Waals surface area contributed by atoms with Crippen LogP contribution in [0.1, 0.15) is 40.5 Å². The van der Waals surface area contributed by atoms with Gasteiger partial charge in [0.15, 0.2) is 0 Å². The predicted molar refractivity (Wildman–Crippen MR) is 65.9 cm³/mol. The van der Waals surface area contributed by atoms with Crippen LogP contribution >= 0.6 is 0 Å². The summed E-state index contributed by atoms with van der Waals surface area (Å²) in [6.07, 6.45) is 2.13. The zero-order valence-corrected chi connectivity index (χ0v) is 10.8. The molecule has 3 N–H and O–H groups in total. The standard InChI is InChI=1S/C12H28N2O/c1-5-7-14(9-10-15)8-6-11(13)12(2,3)4/h11,15H,5-10,13H2,1-4H3. The van der Waals surface area contributed by atoms with Gasteiger partial charge in [-0.25, -0.2) is 0 Å². The summed E-state index contributed by atoms with van der Waals surface area (Å²) >= 11 is 0. The minimum Gasteiger partial charge on any atom is -0.395 e. The molecule has 0 radical (unpaired) electrons. The largest absolute Gasteiger partial charge is 0.395 e. The van der Waals surface area contributed by atoms with E-state index >= 15 is 0 Å². The molecule has 1 unspecified atom stereocenters. The molecule has 0 aromatic carbocycles. The Kier molecular flexibility index (Phi) is 7.14. The fourth-order valence-corrected chi connectivity index (χ4v) is 1.55. The zero-order chi connectivity index (χ0) is 11.9. The first-order valence-corrected chi connectivity index (χ1v) is 6.00. The van der Waals surface area contributed by atoms with E-state index in [9.17, 15) is 0 Å². The van der Waals surface area contributed by atoms with E-state index in [1.807, 2.05) is 0 Å². The number of hydrogen-bond donors (Lipinski definition) is 2. The fraction of sp³-hybridized carbons (Fsp3) is 1.00. The molecule has 0 aliphatic heterocycles. The van der Waals surface area contributed by atoms with Crippen LogP contribution in [0.3, 0.4) is 0 Å². The second kappa shape index (κ2) is 7.20. The van der Waals surface area contributed by atoms with E-state index in [4.69, 9.17) is 10.8 Å². The van der Waals surface area contributed by atoms with Gasteiger partial charge in [-0.3, -0.25) is 0 Å². The SMILES string of the molecule is CCCN(CCO)CCC(N)C(C)(C)C. The van der Waals surface area contributed by atoms with Crippen molar-refractivity contribution in [3.8, 4) is 0 Å². The Morgan fingerprint density at radius 3 is 2.20 bits per heavy atom. The highest BCUT2D eigenvalue weighted by molar-refractivity contribution is 4.78. The van der Waals surface area contributed by atoms with E-state index in [0.717, 1.165) is 32.5 Å². The minimum absolute atomic E-state index is 0.178. The Hall–Kier alpha value is -0.120. The molecule has 0 spiro atoms. The molecule has 0 fully saturated rings. The van der Waals surface area contributed by atoms with E-state index in [2.05, 4.69) is 32.6 Å². The molecule has 0 saturated carbocycles. The van der Waals surface area contributed by atoms with Crippen LogP contribution < -0.4 is 5.73 Å². The molecule has 1 atom stereocenters. The van der Waals surface area contributed by atoms with Crippen molar-refractivity contribution >= 4 is 0 Å². The molecule has 3 nitrogen and oxygen atoms in total. The van der Waals surface area contributed by atoms with Crippen molar-refractivity contribution < 1.29 is 5.11 Å². The highest BCUT2D eigenvalue weighted by Crippen LogP contribution is 2.19. The lowest BCUT2D eigenvalue weighted by atomic mass is 9.85. The van der Waals surface area contributed by atoms with Gasteiger partial charge >= 0.3 is 0 Å². The molecule has 0 amide bonds. The molecule has 0 rings (SSSR count). The first-order chi connectivity index (χ1) is 6.91. The van der Waals surface area contributed by atoms with E-state index in [1.54, 1.807) is 0 Å². The third-order valence-corrected chi connectivity index (χ3v) is 2.82. The Balaban J connectivity index is 3.87. The third-order valence-electron chi connectivity index (χ3n) is 2.82. The number of aliphatic hydroxyl groups excluding tert-OH is 1. The van der Waals surface area contributed by atoms with Crippen LogP contribution in [0, 0.1) is 5.41 Å². The number of hydrogen-bond acceptors (Lipinski definition) is 3. The molecule has 3 heteroatoms.